The highest BCUT2D eigenvalue weighted by molar-refractivity contribution is 5.91. The maximum absolute atomic E-state index is 11.9. The van der Waals surface area contributed by atoms with Crippen molar-refractivity contribution in [2.75, 3.05) is 18.5 Å². The van der Waals surface area contributed by atoms with Crippen molar-refractivity contribution in [3.63, 3.8) is 0 Å². The van der Waals surface area contributed by atoms with Crippen LogP contribution in [0.4, 0.5) is 5.82 Å². The molecule has 1 aliphatic rings. The number of hydrogen-bond donors (Lipinski definition) is 2. The summed E-state index contributed by atoms with van der Waals surface area (Å²) in [5.74, 6) is 0.902. The molecular weight excluding hydrogens is 298 g/mol. The number of nitrogens with one attached hydrogen (secondary N) is 2. The predicted molar refractivity (Wildman–Crippen MR) is 83.8 cm³/mol. The first-order valence-corrected chi connectivity index (χ1v) is 7.62. The van der Waals surface area contributed by atoms with Gasteiger partial charge in [-0.1, -0.05) is 0 Å². The Morgan fingerprint density at radius 2 is 2.26 bits per heavy atom. The summed E-state index contributed by atoms with van der Waals surface area (Å²) in [5.41, 5.74) is 1.21. The van der Waals surface area contributed by atoms with Crippen LogP contribution in [-0.4, -0.2) is 38.9 Å². The van der Waals surface area contributed by atoms with Gasteiger partial charge in [-0.2, -0.15) is 9.78 Å². The van der Waals surface area contributed by atoms with E-state index in [1.165, 1.54) is 10.7 Å². The normalized spacial score (nSPS) is 14.0. The van der Waals surface area contributed by atoms with E-state index in [-0.39, 0.29) is 24.0 Å². The fourth-order valence-corrected chi connectivity index (χ4v) is 2.27. The van der Waals surface area contributed by atoms with E-state index in [0.29, 0.717) is 24.0 Å². The van der Waals surface area contributed by atoms with Crippen molar-refractivity contribution in [1.29, 1.82) is 0 Å². The molecule has 0 radical (unpaired) electrons. The lowest BCUT2D eigenvalue weighted by molar-refractivity contribution is -0.120. The fourth-order valence-electron chi connectivity index (χ4n) is 2.27. The number of amides is 1. The molecule has 122 valence electrons. The van der Waals surface area contributed by atoms with Gasteiger partial charge in [-0.25, -0.2) is 4.98 Å². The van der Waals surface area contributed by atoms with E-state index in [0.717, 1.165) is 18.5 Å². The summed E-state index contributed by atoms with van der Waals surface area (Å²) in [6, 6.07) is 3.23. The predicted octanol–water partition coefficient (Wildman–Crippen LogP) is 1.12. The fraction of sp³-hybridized carbons (Fsp3) is 0.467. The number of rotatable bonds is 6. The summed E-state index contributed by atoms with van der Waals surface area (Å²) < 4.78 is 6.57. The first kappa shape index (κ1) is 15.4. The zero-order valence-electron chi connectivity index (χ0n) is 13.1. The highest BCUT2D eigenvalue weighted by atomic mass is 16.5. The van der Waals surface area contributed by atoms with Crippen molar-refractivity contribution in [1.82, 2.24) is 19.7 Å². The van der Waals surface area contributed by atoms with Gasteiger partial charge in [0.05, 0.1) is 5.69 Å². The molecule has 0 aliphatic heterocycles. The minimum absolute atomic E-state index is 0.0296. The summed E-state index contributed by atoms with van der Waals surface area (Å²) in [4.78, 5) is 30.5. The van der Waals surface area contributed by atoms with Gasteiger partial charge in [-0.3, -0.25) is 14.6 Å². The van der Waals surface area contributed by atoms with E-state index >= 15 is 0 Å². The largest absolute Gasteiger partial charge is 0.372 e. The van der Waals surface area contributed by atoms with Gasteiger partial charge in [0.25, 0.3) is 11.5 Å². The maximum atomic E-state index is 11.9. The molecule has 3 rings (SSSR count). The van der Waals surface area contributed by atoms with Crippen LogP contribution in [0.15, 0.2) is 16.9 Å². The van der Waals surface area contributed by atoms with E-state index in [2.05, 4.69) is 20.4 Å². The molecule has 1 fully saturated rings. The van der Waals surface area contributed by atoms with Crippen LogP contribution in [0.5, 0.6) is 0 Å². The van der Waals surface area contributed by atoms with E-state index in [9.17, 15) is 9.59 Å². The highest BCUT2D eigenvalue weighted by Gasteiger charge is 2.28. The Bertz CT molecular complexity index is 776. The third kappa shape index (κ3) is 3.65. The van der Waals surface area contributed by atoms with E-state index < -0.39 is 0 Å². The zero-order chi connectivity index (χ0) is 16.4. The van der Waals surface area contributed by atoms with Crippen LogP contribution < -0.4 is 10.9 Å². The van der Waals surface area contributed by atoms with Crippen LogP contribution >= 0.6 is 0 Å². The molecule has 2 aromatic rings. The number of hydrogen-bond acceptors (Lipinski definition) is 5. The number of anilines is 1. The third-order valence-electron chi connectivity index (χ3n) is 3.49. The molecule has 8 heteroatoms. The van der Waals surface area contributed by atoms with Crippen molar-refractivity contribution >= 4 is 11.7 Å². The smallest absolute Gasteiger partial charge is 0.252 e. The van der Waals surface area contributed by atoms with Gasteiger partial charge in [0.2, 0.25) is 5.95 Å². The molecule has 2 aromatic heterocycles. The maximum Gasteiger partial charge on any atom is 0.252 e. The second kappa shape index (κ2) is 6.33. The van der Waals surface area contributed by atoms with Gasteiger partial charge < -0.3 is 10.1 Å². The van der Waals surface area contributed by atoms with Crippen LogP contribution in [0.2, 0.25) is 0 Å². The Hall–Kier alpha value is -2.48. The molecule has 8 nitrogen and oxygen atoms in total. The Morgan fingerprint density at radius 3 is 2.91 bits per heavy atom. The number of H-pyrrole nitrogens is 1. The van der Waals surface area contributed by atoms with Gasteiger partial charge in [0.15, 0.2) is 0 Å². The quantitative estimate of drug-likeness (QED) is 0.831. The Kier molecular flexibility index (Phi) is 4.24. The Labute approximate surface area is 132 Å². The lowest BCUT2D eigenvalue weighted by Crippen LogP contribution is -2.21. The second-order valence-corrected chi connectivity index (χ2v) is 5.54. The van der Waals surface area contributed by atoms with Gasteiger partial charge in [0.1, 0.15) is 12.4 Å². The summed E-state index contributed by atoms with van der Waals surface area (Å²) in [6.45, 7) is 3.99. The van der Waals surface area contributed by atoms with Crippen molar-refractivity contribution in [2.45, 2.75) is 32.6 Å². The highest BCUT2D eigenvalue weighted by Crippen LogP contribution is 2.40. The van der Waals surface area contributed by atoms with E-state index in [1.54, 1.807) is 6.92 Å². The molecule has 1 amide bonds. The average molecular weight is 317 g/mol. The van der Waals surface area contributed by atoms with Crippen molar-refractivity contribution in [2.24, 2.45) is 0 Å². The van der Waals surface area contributed by atoms with Crippen molar-refractivity contribution in [3.8, 4) is 5.95 Å². The van der Waals surface area contributed by atoms with E-state index in [4.69, 9.17) is 4.74 Å². The molecule has 2 N–H and O–H groups in total. The summed E-state index contributed by atoms with van der Waals surface area (Å²) in [5, 5.41) is 7.25. The number of nitrogens with zero attached hydrogens (tertiary/aromatic N) is 3. The molecule has 2 heterocycles. The van der Waals surface area contributed by atoms with Gasteiger partial charge in [0, 0.05) is 30.4 Å². The van der Waals surface area contributed by atoms with Gasteiger partial charge >= 0.3 is 0 Å². The Morgan fingerprint density at radius 1 is 1.48 bits per heavy atom. The lowest BCUT2D eigenvalue weighted by Gasteiger charge is -2.08. The minimum atomic E-state index is -0.273. The van der Waals surface area contributed by atoms with Gasteiger partial charge in [-0.05, 0) is 26.7 Å². The summed E-state index contributed by atoms with van der Waals surface area (Å²) >= 11 is 0. The van der Waals surface area contributed by atoms with Crippen LogP contribution in [0.1, 0.15) is 37.1 Å². The molecular formula is C15H19N5O3. The number of carbonyl (C=O) groups is 1. The number of aryl methyl sites for hydroxylation is 1. The first-order valence-electron chi connectivity index (χ1n) is 7.62. The summed E-state index contributed by atoms with van der Waals surface area (Å²) in [6.07, 6.45) is 2.17. The summed E-state index contributed by atoms with van der Waals surface area (Å²) in [7, 11) is 0. The molecule has 0 atom stereocenters. The SMILES string of the molecule is CCOCC(=O)Nc1cc(C2CC2)nn1-c1nc(C)cc(=O)[nH]1. The molecule has 1 aliphatic carbocycles. The topological polar surface area (TPSA) is 102 Å². The molecule has 23 heavy (non-hydrogen) atoms. The number of aromatic nitrogens is 4. The number of ether oxygens (including phenoxy) is 1. The van der Waals surface area contributed by atoms with E-state index in [1.807, 2.05) is 13.0 Å². The molecule has 0 aromatic carbocycles. The second-order valence-electron chi connectivity index (χ2n) is 5.54. The first-order chi connectivity index (χ1) is 11.1. The van der Waals surface area contributed by atoms with Crippen LogP contribution in [0.25, 0.3) is 5.95 Å². The average Bonchev–Trinajstić information content (AvgIpc) is 3.26. The van der Waals surface area contributed by atoms with Gasteiger partial charge in [-0.15, -0.1) is 0 Å². The van der Waals surface area contributed by atoms with Crippen LogP contribution in [0, 0.1) is 6.92 Å². The lowest BCUT2D eigenvalue weighted by atomic mass is 10.3. The zero-order valence-corrected chi connectivity index (χ0v) is 13.1. The minimum Gasteiger partial charge on any atom is -0.372 e. The monoisotopic (exact) mass is 317 g/mol. The van der Waals surface area contributed by atoms with Crippen LogP contribution in [0.3, 0.4) is 0 Å². The van der Waals surface area contributed by atoms with Crippen molar-refractivity contribution in [3.05, 3.63) is 33.9 Å². The molecule has 0 unspecified atom stereocenters. The van der Waals surface area contributed by atoms with Crippen molar-refractivity contribution < 1.29 is 9.53 Å². The standard InChI is InChI=1S/C15H19N5O3/c1-3-23-8-14(22)17-12-7-11(10-4-5-10)19-20(12)15-16-9(2)6-13(21)18-15/h6-7,10H,3-5,8H2,1-2H3,(H,17,22)(H,16,18,21). The Balaban J connectivity index is 1.94. The molecule has 0 spiro atoms. The molecule has 1 saturated carbocycles. The molecule has 0 bridgehead atoms. The third-order valence-corrected chi connectivity index (χ3v) is 3.49. The molecule has 0 saturated heterocycles. The number of aromatic amines is 1. The van der Waals surface area contributed by atoms with Crippen LogP contribution in [-0.2, 0) is 9.53 Å². The number of carbonyl (C=O) groups excluding carboxylic acids is 1.